The van der Waals surface area contributed by atoms with Crippen LogP contribution in [0.2, 0.25) is 0 Å². The molecule has 0 unspecified atom stereocenters. The standard InChI is InChI=1S/C22H14O4/c1-2-16-4-6-18(24-16)8-10-20-12-14-22(26-20)21-13-11-19(25-21)9-7-17-5-3-15(1)23-17/h1-14H. The van der Waals surface area contributed by atoms with Crippen molar-refractivity contribution in [2.45, 2.75) is 0 Å². The molecule has 0 amide bonds. The molecule has 0 saturated carbocycles. The first kappa shape index (κ1) is 14.7. The van der Waals surface area contributed by atoms with Gasteiger partial charge in [0.05, 0.1) is 0 Å². The Labute approximate surface area is 147 Å². The molecule has 5 aromatic rings. The van der Waals surface area contributed by atoms with Gasteiger partial charge < -0.3 is 17.7 Å². The summed E-state index contributed by atoms with van der Waals surface area (Å²) >= 11 is 0. The van der Waals surface area contributed by atoms with Crippen molar-refractivity contribution in [2.75, 3.05) is 0 Å². The minimum Gasteiger partial charge on any atom is -0.457 e. The van der Waals surface area contributed by atoms with Gasteiger partial charge in [0, 0.05) is 0 Å². The first-order valence-corrected chi connectivity index (χ1v) is 8.26. The van der Waals surface area contributed by atoms with Crippen molar-refractivity contribution >= 4 is 44.7 Å². The summed E-state index contributed by atoms with van der Waals surface area (Å²) in [6.07, 6.45) is 0. The van der Waals surface area contributed by atoms with Crippen LogP contribution in [-0.2, 0) is 0 Å². The molecule has 0 saturated heterocycles. The molecule has 0 aromatic carbocycles. The highest BCUT2D eigenvalue weighted by atomic mass is 16.4. The molecular weight excluding hydrogens is 328 g/mol. The van der Waals surface area contributed by atoms with Crippen LogP contribution in [0.15, 0.2) is 103 Å². The predicted molar refractivity (Wildman–Crippen MR) is 101 cm³/mol. The van der Waals surface area contributed by atoms with Gasteiger partial charge >= 0.3 is 0 Å². The van der Waals surface area contributed by atoms with E-state index < -0.39 is 0 Å². The van der Waals surface area contributed by atoms with E-state index in [9.17, 15) is 0 Å². The second-order valence-electron chi connectivity index (χ2n) is 5.88. The summed E-state index contributed by atoms with van der Waals surface area (Å²) < 4.78 is 23.2. The Hall–Kier alpha value is -3.66. The Kier molecular flexibility index (Phi) is 3.39. The summed E-state index contributed by atoms with van der Waals surface area (Å²) in [5.74, 6) is 0. The molecule has 0 fully saturated rings. The summed E-state index contributed by atoms with van der Waals surface area (Å²) in [6, 6.07) is 26.4. The summed E-state index contributed by atoms with van der Waals surface area (Å²) in [5, 5.41) is 0. The average molecular weight is 342 g/mol. The van der Waals surface area contributed by atoms with Crippen LogP contribution >= 0.6 is 0 Å². The second-order valence-corrected chi connectivity index (χ2v) is 5.88. The van der Waals surface area contributed by atoms with E-state index in [2.05, 4.69) is 0 Å². The van der Waals surface area contributed by atoms with E-state index in [1.807, 2.05) is 84.9 Å². The minimum absolute atomic E-state index is 0.675. The van der Waals surface area contributed by atoms with Crippen LogP contribution in [0.4, 0.5) is 0 Å². The molecule has 0 aliphatic carbocycles. The minimum atomic E-state index is 0.675. The zero-order chi connectivity index (χ0) is 17.3. The van der Waals surface area contributed by atoms with Crippen molar-refractivity contribution in [3.8, 4) is 0 Å². The van der Waals surface area contributed by atoms with E-state index in [0.29, 0.717) is 11.2 Å². The van der Waals surface area contributed by atoms with Crippen molar-refractivity contribution in [3.63, 3.8) is 0 Å². The Morgan fingerprint density at radius 1 is 0.269 bits per heavy atom. The van der Waals surface area contributed by atoms with Gasteiger partial charge in [0.1, 0.15) is 33.5 Å². The smallest absolute Gasteiger partial charge is 0.170 e. The van der Waals surface area contributed by atoms with Crippen LogP contribution in [0.3, 0.4) is 0 Å². The Morgan fingerprint density at radius 2 is 0.500 bits per heavy atom. The zero-order valence-electron chi connectivity index (χ0n) is 13.7. The van der Waals surface area contributed by atoms with Gasteiger partial charge in [-0.15, -0.1) is 0 Å². The average Bonchev–Trinajstić information content (AvgIpc) is 3.43. The van der Waals surface area contributed by atoms with E-state index >= 15 is 0 Å². The SMILES string of the molecule is c1cc2ccc(ccc3ccc(o3)c3ccc(ccc4ccc1o4)o3)o2. The molecule has 4 heteroatoms. The summed E-state index contributed by atoms with van der Waals surface area (Å²) in [6.45, 7) is 0. The Balaban J connectivity index is 1.82. The van der Waals surface area contributed by atoms with Crippen LogP contribution in [-0.4, -0.2) is 0 Å². The van der Waals surface area contributed by atoms with Gasteiger partial charge in [0.25, 0.3) is 0 Å². The van der Waals surface area contributed by atoms with E-state index in [-0.39, 0.29) is 0 Å². The molecule has 8 bridgehead atoms. The Bertz CT molecular complexity index is 1240. The lowest BCUT2D eigenvalue weighted by Crippen LogP contribution is -1.54. The molecule has 126 valence electrons. The lowest BCUT2D eigenvalue weighted by Gasteiger charge is -1.82. The first-order valence-electron chi connectivity index (χ1n) is 8.26. The van der Waals surface area contributed by atoms with E-state index in [0.717, 1.165) is 33.5 Å². The fourth-order valence-electron chi connectivity index (χ4n) is 2.74. The normalized spacial score (nSPS) is 11.1. The van der Waals surface area contributed by atoms with E-state index in [4.69, 9.17) is 17.7 Å². The topological polar surface area (TPSA) is 52.6 Å². The number of fused-ring (bicyclic) bond motifs is 9. The van der Waals surface area contributed by atoms with Gasteiger partial charge in [-0.3, -0.25) is 0 Å². The zero-order valence-corrected chi connectivity index (χ0v) is 13.7. The lowest BCUT2D eigenvalue weighted by molar-refractivity contribution is 0.629. The van der Waals surface area contributed by atoms with Gasteiger partial charge in [-0.25, -0.2) is 0 Å². The van der Waals surface area contributed by atoms with Crippen molar-refractivity contribution in [1.29, 1.82) is 0 Å². The number of furan rings is 4. The summed E-state index contributed by atoms with van der Waals surface area (Å²) in [5.41, 5.74) is 5.79. The molecule has 5 aromatic heterocycles. The summed E-state index contributed by atoms with van der Waals surface area (Å²) in [4.78, 5) is 0. The lowest BCUT2D eigenvalue weighted by atomic mass is 10.4. The quantitative estimate of drug-likeness (QED) is 0.306. The molecule has 4 nitrogen and oxygen atoms in total. The fourth-order valence-corrected chi connectivity index (χ4v) is 2.74. The molecule has 5 rings (SSSR count). The highest BCUT2D eigenvalue weighted by Crippen LogP contribution is 2.20. The predicted octanol–water partition coefficient (Wildman–Crippen LogP) is 6.92. The van der Waals surface area contributed by atoms with Gasteiger partial charge in [-0.05, 0) is 84.9 Å². The largest absolute Gasteiger partial charge is 0.457 e. The molecular formula is C22H14O4. The van der Waals surface area contributed by atoms with Gasteiger partial charge in [0.2, 0.25) is 0 Å². The van der Waals surface area contributed by atoms with Crippen LogP contribution in [0.1, 0.15) is 0 Å². The monoisotopic (exact) mass is 342 g/mol. The van der Waals surface area contributed by atoms with Crippen molar-refractivity contribution in [1.82, 2.24) is 0 Å². The van der Waals surface area contributed by atoms with Gasteiger partial charge in [0.15, 0.2) is 11.2 Å². The summed E-state index contributed by atoms with van der Waals surface area (Å²) in [7, 11) is 0. The van der Waals surface area contributed by atoms with Crippen molar-refractivity contribution < 1.29 is 17.7 Å². The van der Waals surface area contributed by atoms with E-state index in [1.165, 1.54) is 0 Å². The van der Waals surface area contributed by atoms with Crippen LogP contribution in [0.25, 0.3) is 44.7 Å². The molecule has 0 aliphatic heterocycles. The highest BCUT2D eigenvalue weighted by molar-refractivity contribution is 5.74. The van der Waals surface area contributed by atoms with Gasteiger partial charge in [-0.1, -0.05) is 0 Å². The van der Waals surface area contributed by atoms with Crippen LogP contribution in [0.5, 0.6) is 0 Å². The molecule has 0 N–H and O–H groups in total. The Morgan fingerprint density at radius 3 is 0.808 bits per heavy atom. The number of rotatable bonds is 0. The first-order chi connectivity index (χ1) is 12.8. The molecule has 0 radical (unpaired) electrons. The van der Waals surface area contributed by atoms with Gasteiger partial charge in [-0.2, -0.15) is 0 Å². The molecule has 5 heterocycles. The molecule has 0 spiro atoms. The maximum atomic E-state index is 5.82. The van der Waals surface area contributed by atoms with Crippen LogP contribution in [0, 0.1) is 0 Å². The van der Waals surface area contributed by atoms with Crippen LogP contribution < -0.4 is 0 Å². The second kappa shape index (κ2) is 6.01. The third kappa shape index (κ3) is 2.89. The third-order valence-electron chi connectivity index (χ3n) is 4.03. The maximum absolute atomic E-state index is 5.82. The third-order valence-corrected chi connectivity index (χ3v) is 4.03. The number of hydrogen-bond donors (Lipinski definition) is 0. The number of hydrogen-bond acceptors (Lipinski definition) is 4. The van der Waals surface area contributed by atoms with E-state index in [1.54, 1.807) is 0 Å². The maximum Gasteiger partial charge on any atom is 0.170 e. The van der Waals surface area contributed by atoms with Crippen molar-refractivity contribution in [3.05, 3.63) is 84.9 Å². The van der Waals surface area contributed by atoms with Crippen molar-refractivity contribution in [2.24, 2.45) is 0 Å². The molecule has 0 aliphatic rings. The fraction of sp³-hybridized carbons (Fsp3) is 0. The highest BCUT2D eigenvalue weighted by Gasteiger charge is 1.98. The molecule has 26 heavy (non-hydrogen) atoms. The molecule has 0 atom stereocenters.